The molecule has 0 atom stereocenters. The highest BCUT2D eigenvalue weighted by Gasteiger charge is 2.16. The Morgan fingerprint density at radius 2 is 2.15 bits per heavy atom. The van der Waals surface area contributed by atoms with Crippen molar-refractivity contribution in [3.8, 4) is 0 Å². The van der Waals surface area contributed by atoms with E-state index in [1.165, 1.54) is 18.2 Å². The van der Waals surface area contributed by atoms with Gasteiger partial charge in [-0.25, -0.2) is 9.52 Å². The van der Waals surface area contributed by atoms with Gasteiger partial charge in [-0.15, -0.1) is 11.6 Å². The van der Waals surface area contributed by atoms with Crippen molar-refractivity contribution in [1.82, 2.24) is 4.72 Å². The summed E-state index contributed by atoms with van der Waals surface area (Å²) in [5, 5.41) is 10.5. The van der Waals surface area contributed by atoms with Crippen molar-refractivity contribution >= 4 is 39.3 Å². The minimum atomic E-state index is -4.25. The molecule has 0 unspecified atom stereocenters. The Morgan fingerprint density at radius 3 is 2.75 bits per heavy atom. The summed E-state index contributed by atoms with van der Waals surface area (Å²) >= 11 is 5.26. The molecule has 0 saturated carbocycles. The summed E-state index contributed by atoms with van der Waals surface area (Å²) in [6.45, 7) is -0.153. The van der Waals surface area contributed by atoms with Crippen LogP contribution in [0.5, 0.6) is 0 Å². The molecule has 0 radical (unpaired) electrons. The van der Waals surface area contributed by atoms with Gasteiger partial charge in [-0.3, -0.25) is 14.8 Å². The van der Waals surface area contributed by atoms with Crippen LogP contribution in [0.2, 0.25) is 0 Å². The van der Waals surface area contributed by atoms with Crippen LogP contribution in [0.15, 0.2) is 24.3 Å². The first kappa shape index (κ1) is 16.0. The van der Waals surface area contributed by atoms with E-state index in [4.69, 9.17) is 11.6 Å². The van der Waals surface area contributed by atoms with Gasteiger partial charge in [0.15, 0.2) is 0 Å². The Labute approximate surface area is 119 Å². The fourth-order valence-electron chi connectivity index (χ4n) is 1.13. The van der Waals surface area contributed by atoms with E-state index >= 15 is 0 Å². The van der Waals surface area contributed by atoms with Crippen LogP contribution in [0, 0.1) is 10.1 Å². The summed E-state index contributed by atoms with van der Waals surface area (Å²) in [7, 11) is -4.25. The van der Waals surface area contributed by atoms with Crippen LogP contribution >= 0.6 is 11.6 Å². The SMILES string of the molecule is O=C(NS(=O)(=O)Nc1cccc([N+](=O)[O-])c1)OCCCl. The number of alkyl halides is 1. The topological polar surface area (TPSA) is 128 Å². The Kier molecular flexibility index (Phi) is 5.53. The number of amides is 1. The van der Waals surface area contributed by atoms with E-state index in [2.05, 4.69) is 4.74 Å². The van der Waals surface area contributed by atoms with Gasteiger partial charge in [-0.1, -0.05) is 6.07 Å². The smallest absolute Gasteiger partial charge is 0.422 e. The predicted octanol–water partition coefficient (Wildman–Crippen LogP) is 1.22. The highest BCUT2D eigenvalue weighted by Crippen LogP contribution is 2.17. The van der Waals surface area contributed by atoms with E-state index in [9.17, 15) is 23.3 Å². The third kappa shape index (κ3) is 5.28. The molecular formula is C9H10ClN3O6S. The molecule has 0 fully saturated rings. The number of nitro benzene ring substituents is 1. The summed E-state index contributed by atoms with van der Waals surface area (Å²) in [5.41, 5.74) is -0.369. The number of nitro groups is 1. The standard InChI is InChI=1S/C9H10ClN3O6S/c10-4-5-19-9(14)12-20(17,18)11-7-2-1-3-8(6-7)13(15)16/h1-3,6,11H,4-5H2,(H,12,14). The molecule has 1 rings (SSSR count). The predicted molar refractivity (Wildman–Crippen MR) is 70.8 cm³/mol. The molecule has 1 aromatic rings. The van der Waals surface area contributed by atoms with Crippen LogP contribution in [0.25, 0.3) is 0 Å². The van der Waals surface area contributed by atoms with Gasteiger partial charge in [0.05, 0.1) is 16.5 Å². The van der Waals surface area contributed by atoms with Crippen molar-refractivity contribution < 1.29 is 22.9 Å². The van der Waals surface area contributed by atoms with E-state index in [0.717, 1.165) is 6.07 Å². The average Bonchev–Trinajstić information content (AvgIpc) is 2.35. The summed E-state index contributed by atoms with van der Waals surface area (Å²) in [4.78, 5) is 20.9. The van der Waals surface area contributed by atoms with Gasteiger partial charge in [0, 0.05) is 12.1 Å². The molecule has 9 nitrogen and oxygen atoms in total. The average molecular weight is 324 g/mol. The monoisotopic (exact) mass is 323 g/mol. The van der Waals surface area contributed by atoms with Crippen LogP contribution in [0.3, 0.4) is 0 Å². The molecular weight excluding hydrogens is 314 g/mol. The van der Waals surface area contributed by atoms with E-state index in [-0.39, 0.29) is 23.9 Å². The number of hydrogen-bond acceptors (Lipinski definition) is 6. The van der Waals surface area contributed by atoms with Crippen molar-refractivity contribution in [2.24, 2.45) is 0 Å². The third-order valence-electron chi connectivity index (χ3n) is 1.84. The zero-order valence-corrected chi connectivity index (χ0v) is 11.5. The number of anilines is 1. The number of nitrogens with zero attached hydrogens (tertiary/aromatic N) is 1. The minimum Gasteiger partial charge on any atom is -0.448 e. The Bertz CT molecular complexity index is 605. The van der Waals surface area contributed by atoms with E-state index < -0.39 is 21.2 Å². The molecule has 0 aromatic heterocycles. The summed E-state index contributed by atoms with van der Waals surface area (Å²) in [5.74, 6) is 0.0196. The van der Waals surface area contributed by atoms with Crippen molar-refractivity contribution in [1.29, 1.82) is 0 Å². The van der Waals surface area contributed by atoms with E-state index in [0.29, 0.717) is 0 Å². The highest BCUT2D eigenvalue weighted by molar-refractivity contribution is 7.91. The molecule has 20 heavy (non-hydrogen) atoms. The number of halogens is 1. The van der Waals surface area contributed by atoms with Gasteiger partial charge in [0.25, 0.3) is 5.69 Å². The fourth-order valence-corrected chi connectivity index (χ4v) is 1.98. The summed E-state index contributed by atoms with van der Waals surface area (Å²) < 4.78 is 31.0. The molecule has 1 amide bonds. The second-order valence-corrected chi connectivity index (χ2v) is 5.13. The van der Waals surface area contributed by atoms with Gasteiger partial charge in [0.2, 0.25) is 0 Å². The molecule has 0 spiro atoms. The molecule has 0 heterocycles. The zero-order valence-electron chi connectivity index (χ0n) is 9.91. The second-order valence-electron chi connectivity index (χ2n) is 3.34. The van der Waals surface area contributed by atoms with Crippen molar-refractivity contribution in [3.05, 3.63) is 34.4 Å². The van der Waals surface area contributed by atoms with Crippen molar-refractivity contribution in [3.63, 3.8) is 0 Å². The number of benzene rings is 1. The lowest BCUT2D eigenvalue weighted by Crippen LogP contribution is -2.36. The van der Waals surface area contributed by atoms with Crippen molar-refractivity contribution in [2.75, 3.05) is 17.2 Å². The number of nitrogens with one attached hydrogen (secondary N) is 2. The molecule has 110 valence electrons. The maximum absolute atomic E-state index is 11.5. The second kappa shape index (κ2) is 6.91. The van der Waals surface area contributed by atoms with Crippen LogP contribution < -0.4 is 9.44 Å². The number of non-ortho nitro benzene ring substituents is 1. The van der Waals surface area contributed by atoms with Crippen molar-refractivity contribution in [2.45, 2.75) is 0 Å². The quantitative estimate of drug-likeness (QED) is 0.460. The molecule has 0 aliphatic rings. The lowest BCUT2D eigenvalue weighted by atomic mass is 10.3. The Hall–Kier alpha value is -2.07. The largest absolute Gasteiger partial charge is 0.448 e. The number of carbonyl (C=O) groups excluding carboxylic acids is 1. The number of hydrogen-bond donors (Lipinski definition) is 2. The maximum Gasteiger partial charge on any atom is 0.422 e. The normalized spacial score (nSPS) is 10.7. The van der Waals surface area contributed by atoms with Crippen LogP contribution in [-0.2, 0) is 14.9 Å². The van der Waals surface area contributed by atoms with Crippen LogP contribution in [-0.4, -0.2) is 31.9 Å². The first-order valence-corrected chi connectivity index (χ1v) is 7.13. The molecule has 0 aliphatic carbocycles. The van der Waals surface area contributed by atoms with Gasteiger partial charge in [-0.2, -0.15) is 8.42 Å². The Morgan fingerprint density at radius 1 is 1.45 bits per heavy atom. The molecule has 11 heteroatoms. The van der Waals surface area contributed by atoms with Gasteiger partial charge >= 0.3 is 16.3 Å². The lowest BCUT2D eigenvalue weighted by molar-refractivity contribution is -0.384. The van der Waals surface area contributed by atoms with E-state index in [1.54, 1.807) is 4.72 Å². The Balaban J connectivity index is 2.73. The molecule has 0 aliphatic heterocycles. The molecule has 1 aromatic carbocycles. The highest BCUT2D eigenvalue weighted by atomic mass is 35.5. The van der Waals surface area contributed by atoms with Crippen LogP contribution in [0.1, 0.15) is 0 Å². The van der Waals surface area contributed by atoms with Gasteiger partial charge in [-0.05, 0) is 6.07 Å². The molecule has 0 bridgehead atoms. The molecule has 2 N–H and O–H groups in total. The minimum absolute atomic E-state index is 0.0196. The first-order chi connectivity index (χ1) is 9.34. The number of carbonyl (C=O) groups is 1. The number of ether oxygens (including phenoxy) is 1. The van der Waals surface area contributed by atoms with Gasteiger partial charge in [0.1, 0.15) is 6.61 Å². The van der Waals surface area contributed by atoms with Gasteiger partial charge < -0.3 is 4.74 Å². The first-order valence-electron chi connectivity index (χ1n) is 5.12. The lowest BCUT2D eigenvalue weighted by Gasteiger charge is -2.09. The van der Waals surface area contributed by atoms with Crippen LogP contribution in [0.4, 0.5) is 16.2 Å². The maximum atomic E-state index is 11.5. The zero-order chi connectivity index (χ0) is 15.2. The fraction of sp³-hybridized carbons (Fsp3) is 0.222. The third-order valence-corrected chi connectivity index (χ3v) is 2.93. The summed E-state index contributed by atoms with van der Waals surface area (Å²) in [6, 6.07) is 4.78. The molecule has 0 saturated heterocycles. The number of rotatable bonds is 6. The van der Waals surface area contributed by atoms with E-state index in [1.807, 2.05) is 4.72 Å². The summed E-state index contributed by atoms with van der Waals surface area (Å²) in [6.07, 6.45) is -1.21.